The summed E-state index contributed by atoms with van der Waals surface area (Å²) in [5, 5.41) is 16.4. The molecule has 104 valence electrons. The first-order valence-corrected chi connectivity index (χ1v) is 6.09. The van der Waals surface area contributed by atoms with Crippen LogP contribution >= 0.6 is 12.2 Å². The Bertz CT molecular complexity index is 482. The van der Waals surface area contributed by atoms with E-state index in [-0.39, 0.29) is 16.5 Å². The summed E-state index contributed by atoms with van der Waals surface area (Å²) in [5.41, 5.74) is -0.201. The Morgan fingerprint density at radius 2 is 2.21 bits per heavy atom. The highest BCUT2D eigenvalue weighted by molar-refractivity contribution is 7.80. The number of thiocarbonyl (C=S) groups is 1. The van der Waals surface area contributed by atoms with Gasteiger partial charge in [0.25, 0.3) is 5.69 Å². The lowest BCUT2D eigenvalue weighted by atomic mass is 10.2. The van der Waals surface area contributed by atoms with Crippen molar-refractivity contribution >= 4 is 28.7 Å². The van der Waals surface area contributed by atoms with E-state index in [9.17, 15) is 14.5 Å². The van der Waals surface area contributed by atoms with Gasteiger partial charge in [-0.1, -0.05) is 0 Å². The highest BCUT2D eigenvalue weighted by Crippen LogP contribution is 2.20. The van der Waals surface area contributed by atoms with Crippen molar-refractivity contribution in [1.82, 2.24) is 5.32 Å². The van der Waals surface area contributed by atoms with Crippen molar-refractivity contribution < 1.29 is 14.2 Å². The molecule has 0 spiro atoms. The second kappa shape index (κ2) is 6.95. The van der Waals surface area contributed by atoms with E-state index in [1.807, 2.05) is 14.1 Å². The summed E-state index contributed by atoms with van der Waals surface area (Å²) in [6.07, 6.45) is 0. The van der Waals surface area contributed by atoms with Crippen molar-refractivity contribution in [2.45, 2.75) is 0 Å². The first-order chi connectivity index (χ1) is 8.90. The van der Waals surface area contributed by atoms with Gasteiger partial charge >= 0.3 is 0 Å². The van der Waals surface area contributed by atoms with Gasteiger partial charge in [0, 0.05) is 12.1 Å². The van der Waals surface area contributed by atoms with Crippen LogP contribution in [-0.2, 0) is 0 Å². The van der Waals surface area contributed by atoms with Crippen molar-refractivity contribution in [3.8, 4) is 0 Å². The third kappa shape index (κ3) is 5.14. The number of nitro benzene ring substituents is 1. The van der Waals surface area contributed by atoms with Crippen molar-refractivity contribution in [1.29, 1.82) is 0 Å². The second-order valence-corrected chi connectivity index (χ2v) is 4.67. The predicted octanol–water partition coefficient (Wildman–Crippen LogP) is 0.165. The average molecular weight is 287 g/mol. The summed E-state index contributed by atoms with van der Waals surface area (Å²) in [7, 11) is 4.00. The number of benzene rings is 1. The lowest BCUT2D eigenvalue weighted by Gasteiger charge is -2.12. The molecule has 0 amide bonds. The average Bonchev–Trinajstić information content (AvgIpc) is 2.31. The molecule has 1 rings (SSSR count). The van der Waals surface area contributed by atoms with E-state index in [0.717, 1.165) is 24.7 Å². The van der Waals surface area contributed by atoms with Crippen LogP contribution in [0.3, 0.4) is 0 Å². The van der Waals surface area contributed by atoms with Gasteiger partial charge in [-0.25, -0.2) is 4.39 Å². The monoisotopic (exact) mass is 287 g/mol. The molecular weight excluding hydrogens is 271 g/mol. The maximum absolute atomic E-state index is 13.5. The number of rotatable bonds is 5. The number of hydrogen-bond donors (Lipinski definition) is 3. The maximum atomic E-state index is 13.5. The second-order valence-electron chi connectivity index (χ2n) is 4.26. The summed E-state index contributed by atoms with van der Waals surface area (Å²) in [5.74, 6) is -0.590. The first-order valence-electron chi connectivity index (χ1n) is 5.68. The molecule has 3 N–H and O–H groups in total. The van der Waals surface area contributed by atoms with E-state index in [1.165, 1.54) is 4.90 Å². The summed E-state index contributed by atoms with van der Waals surface area (Å²) in [6, 6.07) is 3.25. The highest BCUT2D eigenvalue weighted by Gasteiger charge is 2.11. The maximum Gasteiger partial charge on any atom is 0.271 e. The van der Waals surface area contributed by atoms with Crippen LogP contribution in [0.15, 0.2) is 18.2 Å². The number of anilines is 1. The molecule has 0 unspecified atom stereocenters. The van der Waals surface area contributed by atoms with Crippen molar-refractivity contribution in [2.75, 3.05) is 32.5 Å². The molecule has 0 aliphatic carbocycles. The number of hydrogen-bond acceptors (Lipinski definition) is 3. The minimum atomic E-state index is -0.590. The van der Waals surface area contributed by atoms with Gasteiger partial charge in [-0.15, -0.1) is 0 Å². The summed E-state index contributed by atoms with van der Waals surface area (Å²) in [6.45, 7) is 1.48. The third-order valence-electron chi connectivity index (χ3n) is 2.32. The van der Waals surface area contributed by atoms with Gasteiger partial charge in [0.05, 0.1) is 37.8 Å². The number of likely N-dealkylation sites (N-methyl/N-ethyl adjacent to an activating group) is 1. The zero-order valence-corrected chi connectivity index (χ0v) is 11.5. The zero-order valence-electron chi connectivity index (χ0n) is 10.7. The summed E-state index contributed by atoms with van der Waals surface area (Å²) >= 11 is 4.99. The Balaban J connectivity index is 2.63. The van der Waals surface area contributed by atoms with Crippen molar-refractivity contribution in [3.63, 3.8) is 0 Å². The fourth-order valence-electron chi connectivity index (χ4n) is 1.32. The minimum absolute atomic E-state index is 0.0103. The van der Waals surface area contributed by atoms with E-state index in [1.54, 1.807) is 0 Å². The molecule has 1 aromatic rings. The summed E-state index contributed by atoms with van der Waals surface area (Å²) in [4.78, 5) is 11.3. The molecule has 0 saturated heterocycles. The molecule has 0 heterocycles. The van der Waals surface area contributed by atoms with Crippen LogP contribution in [-0.4, -0.2) is 37.2 Å². The van der Waals surface area contributed by atoms with Gasteiger partial charge < -0.3 is 15.5 Å². The van der Waals surface area contributed by atoms with Gasteiger partial charge in [0.15, 0.2) is 5.11 Å². The largest absolute Gasteiger partial charge is 0.357 e. The molecule has 0 fully saturated rings. The van der Waals surface area contributed by atoms with E-state index in [0.29, 0.717) is 6.54 Å². The van der Waals surface area contributed by atoms with Gasteiger partial charge in [-0.05, 0) is 18.3 Å². The quantitative estimate of drug-likeness (QED) is 0.409. The molecule has 0 aliphatic rings. The number of halogens is 1. The van der Waals surface area contributed by atoms with Crippen LogP contribution < -0.4 is 15.5 Å². The third-order valence-corrected chi connectivity index (χ3v) is 2.57. The number of nitro groups is 1. The Labute approximate surface area is 115 Å². The number of quaternary nitrogens is 1. The van der Waals surface area contributed by atoms with Crippen LogP contribution in [0.1, 0.15) is 0 Å². The Morgan fingerprint density at radius 3 is 2.79 bits per heavy atom. The van der Waals surface area contributed by atoms with E-state index in [4.69, 9.17) is 12.2 Å². The van der Waals surface area contributed by atoms with Gasteiger partial charge in [0.1, 0.15) is 5.82 Å². The van der Waals surface area contributed by atoms with Crippen LogP contribution in [0.25, 0.3) is 0 Å². The molecule has 0 saturated carbocycles. The Kier molecular flexibility index (Phi) is 5.58. The number of nitrogens with one attached hydrogen (secondary N) is 3. The number of non-ortho nitro benzene ring substituents is 1. The lowest BCUT2D eigenvalue weighted by molar-refractivity contribution is -0.856. The van der Waals surface area contributed by atoms with Gasteiger partial charge in [0.2, 0.25) is 0 Å². The molecule has 0 aromatic heterocycles. The molecular formula is C11H16FN4O2S+. The number of nitrogens with zero attached hydrogens (tertiary/aromatic N) is 1. The van der Waals surface area contributed by atoms with Crippen LogP contribution in [0.2, 0.25) is 0 Å². The molecule has 0 radical (unpaired) electrons. The Hall–Kier alpha value is -1.80. The van der Waals surface area contributed by atoms with Crippen LogP contribution in [0.4, 0.5) is 15.8 Å². The SMILES string of the molecule is C[NH+](C)CCNC(=S)Nc1cc([N+](=O)[O-])ccc1F. The molecule has 6 nitrogen and oxygen atoms in total. The zero-order chi connectivity index (χ0) is 14.4. The lowest BCUT2D eigenvalue weighted by Crippen LogP contribution is -3.06. The summed E-state index contributed by atoms with van der Waals surface area (Å²) < 4.78 is 13.5. The molecule has 0 aliphatic heterocycles. The fourth-order valence-corrected chi connectivity index (χ4v) is 1.53. The van der Waals surface area contributed by atoms with E-state index in [2.05, 4.69) is 10.6 Å². The highest BCUT2D eigenvalue weighted by atomic mass is 32.1. The molecule has 1 aromatic carbocycles. The van der Waals surface area contributed by atoms with E-state index < -0.39 is 10.7 Å². The topological polar surface area (TPSA) is 71.6 Å². The molecule has 0 bridgehead atoms. The van der Waals surface area contributed by atoms with Gasteiger partial charge in [-0.3, -0.25) is 10.1 Å². The van der Waals surface area contributed by atoms with Gasteiger partial charge in [-0.2, -0.15) is 0 Å². The van der Waals surface area contributed by atoms with Crippen LogP contribution in [0.5, 0.6) is 0 Å². The standard InChI is InChI=1S/C11H15FN4O2S/c1-15(2)6-5-13-11(19)14-10-7-8(16(17)18)3-4-9(10)12/h3-4,7H,5-6H2,1-2H3,(H2,13,14,19)/p+1. The normalized spacial score (nSPS) is 10.3. The van der Waals surface area contributed by atoms with Crippen LogP contribution in [0, 0.1) is 15.9 Å². The Morgan fingerprint density at radius 1 is 1.53 bits per heavy atom. The van der Waals surface area contributed by atoms with E-state index >= 15 is 0 Å². The van der Waals surface area contributed by atoms with Crippen molar-refractivity contribution in [2.24, 2.45) is 0 Å². The first kappa shape index (κ1) is 15.3. The smallest absolute Gasteiger partial charge is 0.271 e. The minimum Gasteiger partial charge on any atom is -0.357 e. The predicted molar refractivity (Wildman–Crippen MR) is 75.0 cm³/mol. The molecule has 8 heteroatoms. The fraction of sp³-hybridized carbons (Fsp3) is 0.364. The molecule has 19 heavy (non-hydrogen) atoms. The molecule has 0 atom stereocenters. The van der Waals surface area contributed by atoms with Crippen molar-refractivity contribution in [3.05, 3.63) is 34.1 Å².